The molecule has 1 aliphatic carbocycles. The number of benzene rings is 1. The molecule has 0 N–H and O–H groups in total. The Labute approximate surface area is 83.7 Å². The predicted octanol–water partition coefficient (Wildman–Crippen LogP) is 3.36. The molecule has 1 saturated carbocycles. The summed E-state index contributed by atoms with van der Waals surface area (Å²) >= 11 is 6.10. The van der Waals surface area contributed by atoms with Gasteiger partial charge in [-0.3, -0.25) is 0 Å². The van der Waals surface area contributed by atoms with E-state index < -0.39 is 0 Å². The molecule has 0 amide bonds. The molecule has 0 unspecified atom stereocenters. The molecule has 0 aromatic heterocycles. The summed E-state index contributed by atoms with van der Waals surface area (Å²) in [4.78, 5) is 0. The van der Waals surface area contributed by atoms with Crippen LogP contribution in [-0.4, -0.2) is 7.11 Å². The first kappa shape index (κ1) is 9.04. The first-order chi connectivity index (χ1) is 6.33. The molecule has 13 heavy (non-hydrogen) atoms. The van der Waals surface area contributed by atoms with Gasteiger partial charge in [0.2, 0.25) is 0 Å². The zero-order valence-electron chi connectivity index (χ0n) is 7.72. The fourth-order valence-corrected chi connectivity index (χ4v) is 1.89. The van der Waals surface area contributed by atoms with Gasteiger partial charge in [0.05, 0.1) is 6.61 Å². The third kappa shape index (κ3) is 1.87. The van der Waals surface area contributed by atoms with Crippen LogP contribution in [0, 0.1) is 0 Å². The van der Waals surface area contributed by atoms with E-state index in [4.69, 9.17) is 16.3 Å². The van der Waals surface area contributed by atoms with Crippen LogP contribution < -0.4 is 0 Å². The Morgan fingerprint density at radius 2 is 2.23 bits per heavy atom. The van der Waals surface area contributed by atoms with Crippen molar-refractivity contribution in [1.82, 2.24) is 0 Å². The van der Waals surface area contributed by atoms with Crippen LogP contribution in [0.15, 0.2) is 18.2 Å². The molecule has 0 bridgehead atoms. The van der Waals surface area contributed by atoms with Gasteiger partial charge in [-0.2, -0.15) is 0 Å². The summed E-state index contributed by atoms with van der Waals surface area (Å²) in [6.45, 7) is 0.630. The van der Waals surface area contributed by atoms with E-state index in [0.717, 1.165) is 10.9 Å². The predicted molar refractivity (Wildman–Crippen MR) is 54.1 cm³/mol. The van der Waals surface area contributed by atoms with Gasteiger partial charge in [0, 0.05) is 12.1 Å². The maximum absolute atomic E-state index is 6.10. The second-order valence-corrected chi connectivity index (χ2v) is 3.92. The van der Waals surface area contributed by atoms with Crippen molar-refractivity contribution in [3.05, 3.63) is 34.3 Å². The van der Waals surface area contributed by atoms with Crippen molar-refractivity contribution in [2.45, 2.75) is 25.4 Å². The van der Waals surface area contributed by atoms with Crippen molar-refractivity contribution < 1.29 is 4.74 Å². The summed E-state index contributed by atoms with van der Waals surface area (Å²) in [5.41, 5.74) is 2.56. The largest absolute Gasteiger partial charge is 0.380 e. The van der Waals surface area contributed by atoms with Crippen molar-refractivity contribution in [3.63, 3.8) is 0 Å². The molecule has 0 spiro atoms. The molecule has 1 aliphatic rings. The monoisotopic (exact) mass is 196 g/mol. The number of rotatable bonds is 3. The van der Waals surface area contributed by atoms with E-state index in [2.05, 4.69) is 6.07 Å². The van der Waals surface area contributed by atoms with Crippen molar-refractivity contribution in [2.75, 3.05) is 7.11 Å². The average Bonchev–Trinajstić information content (AvgIpc) is 2.92. The van der Waals surface area contributed by atoms with Crippen molar-refractivity contribution >= 4 is 11.6 Å². The Kier molecular flexibility index (Phi) is 2.56. The number of hydrogen-bond acceptors (Lipinski definition) is 1. The summed E-state index contributed by atoms with van der Waals surface area (Å²) < 4.78 is 5.14. The summed E-state index contributed by atoms with van der Waals surface area (Å²) in [7, 11) is 1.71. The molecule has 1 fully saturated rings. The van der Waals surface area contributed by atoms with Crippen molar-refractivity contribution in [1.29, 1.82) is 0 Å². The standard InChI is InChI=1S/C11H13ClO/c1-13-7-10-9(8-5-6-8)3-2-4-11(10)12/h2-4,8H,5-7H2,1H3. The molecular formula is C11H13ClO. The highest BCUT2D eigenvalue weighted by Crippen LogP contribution is 2.43. The fraction of sp³-hybridized carbons (Fsp3) is 0.455. The molecular weight excluding hydrogens is 184 g/mol. The lowest BCUT2D eigenvalue weighted by molar-refractivity contribution is 0.184. The highest BCUT2D eigenvalue weighted by Gasteiger charge is 2.26. The molecule has 70 valence electrons. The Bertz CT molecular complexity index is 305. The van der Waals surface area contributed by atoms with E-state index >= 15 is 0 Å². The highest BCUT2D eigenvalue weighted by molar-refractivity contribution is 6.31. The lowest BCUT2D eigenvalue weighted by Crippen LogP contribution is -1.95. The third-order valence-corrected chi connectivity index (χ3v) is 2.82. The minimum absolute atomic E-state index is 0.630. The third-order valence-electron chi connectivity index (χ3n) is 2.46. The number of methoxy groups -OCH3 is 1. The van der Waals surface area contributed by atoms with Gasteiger partial charge in [-0.05, 0) is 36.0 Å². The zero-order chi connectivity index (χ0) is 9.26. The van der Waals surface area contributed by atoms with Crippen LogP contribution in [0.5, 0.6) is 0 Å². The first-order valence-electron chi connectivity index (χ1n) is 4.59. The molecule has 1 aromatic rings. The highest BCUT2D eigenvalue weighted by atomic mass is 35.5. The van der Waals surface area contributed by atoms with Crippen LogP contribution in [0.3, 0.4) is 0 Å². The van der Waals surface area contributed by atoms with E-state index in [1.54, 1.807) is 7.11 Å². The van der Waals surface area contributed by atoms with Crippen LogP contribution in [0.4, 0.5) is 0 Å². The minimum Gasteiger partial charge on any atom is -0.380 e. The van der Waals surface area contributed by atoms with E-state index in [9.17, 15) is 0 Å². The molecule has 0 aliphatic heterocycles. The minimum atomic E-state index is 0.630. The average molecular weight is 197 g/mol. The van der Waals surface area contributed by atoms with Gasteiger partial charge in [-0.1, -0.05) is 23.7 Å². The molecule has 0 atom stereocenters. The van der Waals surface area contributed by atoms with E-state index in [-0.39, 0.29) is 0 Å². The van der Waals surface area contributed by atoms with Crippen molar-refractivity contribution in [2.24, 2.45) is 0 Å². The molecule has 0 saturated heterocycles. The maximum Gasteiger partial charge on any atom is 0.0730 e. The van der Waals surface area contributed by atoms with Crippen LogP contribution in [0.2, 0.25) is 5.02 Å². The first-order valence-corrected chi connectivity index (χ1v) is 4.97. The smallest absolute Gasteiger partial charge is 0.0730 e. The van der Waals surface area contributed by atoms with E-state index in [1.807, 2.05) is 12.1 Å². The Morgan fingerprint density at radius 1 is 1.46 bits per heavy atom. The van der Waals surface area contributed by atoms with Gasteiger partial charge in [-0.25, -0.2) is 0 Å². The van der Waals surface area contributed by atoms with Gasteiger partial charge in [0.15, 0.2) is 0 Å². The summed E-state index contributed by atoms with van der Waals surface area (Å²) in [6, 6.07) is 6.12. The second kappa shape index (κ2) is 3.69. The topological polar surface area (TPSA) is 9.23 Å². The van der Waals surface area contributed by atoms with Crippen LogP contribution in [-0.2, 0) is 11.3 Å². The zero-order valence-corrected chi connectivity index (χ0v) is 8.47. The van der Waals surface area contributed by atoms with Crippen LogP contribution in [0.1, 0.15) is 29.9 Å². The number of ether oxygens (including phenoxy) is 1. The molecule has 1 aromatic carbocycles. The second-order valence-electron chi connectivity index (χ2n) is 3.51. The van der Waals surface area contributed by atoms with Gasteiger partial charge in [0.1, 0.15) is 0 Å². The summed E-state index contributed by atoms with van der Waals surface area (Å²) in [5, 5.41) is 0.839. The quantitative estimate of drug-likeness (QED) is 0.721. The summed E-state index contributed by atoms with van der Waals surface area (Å²) in [6.07, 6.45) is 2.61. The molecule has 2 rings (SSSR count). The Balaban J connectivity index is 2.35. The number of hydrogen-bond donors (Lipinski definition) is 0. The Hall–Kier alpha value is -0.530. The lowest BCUT2D eigenvalue weighted by Gasteiger charge is -2.09. The van der Waals surface area contributed by atoms with E-state index in [1.165, 1.54) is 24.0 Å². The van der Waals surface area contributed by atoms with Crippen LogP contribution in [0.25, 0.3) is 0 Å². The summed E-state index contributed by atoms with van der Waals surface area (Å²) in [5.74, 6) is 0.740. The number of halogens is 1. The van der Waals surface area contributed by atoms with Crippen molar-refractivity contribution in [3.8, 4) is 0 Å². The maximum atomic E-state index is 6.10. The normalized spacial score (nSPS) is 16.2. The molecule has 0 radical (unpaired) electrons. The molecule has 1 nitrogen and oxygen atoms in total. The van der Waals surface area contributed by atoms with Gasteiger partial charge in [-0.15, -0.1) is 0 Å². The lowest BCUT2D eigenvalue weighted by atomic mass is 10.0. The SMILES string of the molecule is COCc1c(Cl)cccc1C1CC1. The van der Waals surface area contributed by atoms with Gasteiger partial charge >= 0.3 is 0 Å². The molecule has 0 heterocycles. The van der Waals surface area contributed by atoms with Gasteiger partial charge < -0.3 is 4.74 Å². The Morgan fingerprint density at radius 3 is 2.85 bits per heavy atom. The van der Waals surface area contributed by atoms with Gasteiger partial charge in [0.25, 0.3) is 0 Å². The molecule has 2 heteroatoms. The van der Waals surface area contributed by atoms with E-state index in [0.29, 0.717) is 6.61 Å². The van der Waals surface area contributed by atoms with Crippen LogP contribution >= 0.6 is 11.6 Å². The fourth-order valence-electron chi connectivity index (χ4n) is 1.65.